The number of carbonyl (C=O) groups is 1. The van der Waals surface area contributed by atoms with E-state index < -0.39 is 0 Å². The van der Waals surface area contributed by atoms with E-state index in [0.717, 1.165) is 10.6 Å². The molecule has 0 aliphatic heterocycles. The van der Waals surface area contributed by atoms with Gasteiger partial charge in [-0.15, -0.1) is 11.3 Å². The second kappa shape index (κ2) is 7.83. The fourth-order valence-electron chi connectivity index (χ4n) is 3.15. The zero-order valence-corrected chi connectivity index (χ0v) is 16.2. The molecule has 1 atom stereocenters. The number of thiazole rings is 1. The summed E-state index contributed by atoms with van der Waals surface area (Å²) in [6, 6.07) is 19.5. The molecule has 1 unspecified atom stereocenters. The lowest BCUT2D eigenvalue weighted by Crippen LogP contribution is -2.40. The minimum Gasteiger partial charge on any atom is -0.324 e. The average molecular weight is 365 g/mol. The molecule has 0 spiro atoms. The third-order valence-corrected chi connectivity index (χ3v) is 5.12. The minimum atomic E-state index is -0.142. The van der Waals surface area contributed by atoms with Gasteiger partial charge in [0, 0.05) is 23.7 Å². The molecule has 3 aromatic rings. The zero-order valence-electron chi connectivity index (χ0n) is 15.4. The molecule has 1 aromatic heterocycles. The molecule has 4 heteroatoms. The van der Waals surface area contributed by atoms with Crippen molar-refractivity contribution >= 4 is 17.2 Å². The summed E-state index contributed by atoms with van der Waals surface area (Å²) in [6.45, 7) is 7.04. The first-order chi connectivity index (χ1) is 12.5. The Balaban J connectivity index is 2.05. The lowest BCUT2D eigenvalue weighted by Gasteiger charge is -2.39. The van der Waals surface area contributed by atoms with Crippen LogP contribution in [-0.4, -0.2) is 15.8 Å². The molecule has 3 rings (SSSR count). The van der Waals surface area contributed by atoms with E-state index in [1.165, 1.54) is 0 Å². The van der Waals surface area contributed by atoms with Crippen LogP contribution >= 0.6 is 11.3 Å². The van der Waals surface area contributed by atoms with Crippen LogP contribution < -0.4 is 0 Å². The lowest BCUT2D eigenvalue weighted by atomic mass is 9.85. The predicted molar refractivity (Wildman–Crippen MR) is 107 cm³/mol. The van der Waals surface area contributed by atoms with Crippen LogP contribution in [0.2, 0.25) is 0 Å². The number of carbonyl (C=O) groups excluding carboxylic acids is 1. The van der Waals surface area contributed by atoms with Crippen LogP contribution in [0.4, 0.5) is 0 Å². The Hall–Kier alpha value is -2.46. The molecular weight excluding hydrogens is 340 g/mol. The Kier molecular flexibility index (Phi) is 5.52. The van der Waals surface area contributed by atoms with Crippen LogP contribution in [0, 0.1) is 5.41 Å². The van der Waals surface area contributed by atoms with Crippen molar-refractivity contribution in [2.45, 2.75) is 33.4 Å². The molecule has 2 aromatic carbocycles. The van der Waals surface area contributed by atoms with Crippen molar-refractivity contribution < 1.29 is 4.79 Å². The van der Waals surface area contributed by atoms with Gasteiger partial charge in [-0.05, 0) is 23.1 Å². The molecule has 0 saturated heterocycles. The molecule has 0 saturated carbocycles. The highest BCUT2D eigenvalue weighted by Crippen LogP contribution is 2.40. The fraction of sp³-hybridized carbons (Fsp3) is 0.273. The van der Waals surface area contributed by atoms with Crippen LogP contribution in [-0.2, 0) is 6.54 Å². The Labute approximate surface area is 159 Å². The van der Waals surface area contributed by atoms with Gasteiger partial charge in [0.2, 0.25) is 0 Å². The van der Waals surface area contributed by atoms with E-state index in [4.69, 9.17) is 0 Å². The van der Waals surface area contributed by atoms with Crippen LogP contribution in [0.15, 0.2) is 72.2 Å². The van der Waals surface area contributed by atoms with E-state index in [1.807, 2.05) is 65.0 Å². The molecule has 0 fully saturated rings. The molecule has 0 radical (unpaired) electrons. The van der Waals surface area contributed by atoms with Crippen molar-refractivity contribution in [2.75, 3.05) is 0 Å². The lowest BCUT2D eigenvalue weighted by molar-refractivity contribution is 0.0484. The van der Waals surface area contributed by atoms with Crippen molar-refractivity contribution in [1.82, 2.24) is 9.88 Å². The van der Waals surface area contributed by atoms with Crippen LogP contribution in [0.1, 0.15) is 47.7 Å². The number of rotatable bonds is 5. The summed E-state index contributed by atoms with van der Waals surface area (Å²) in [5, 5.41) is 2.94. The summed E-state index contributed by atoms with van der Waals surface area (Å²) in [4.78, 5) is 19.9. The Morgan fingerprint density at radius 3 is 2.19 bits per heavy atom. The summed E-state index contributed by atoms with van der Waals surface area (Å²) in [7, 11) is 0. The van der Waals surface area contributed by atoms with Crippen molar-refractivity contribution in [3.63, 3.8) is 0 Å². The standard InChI is InChI=1S/C22H24N2OS/c1-22(2,3)19(20-23-14-15-26-20)24(16-17-10-6-4-7-11-17)21(25)18-12-8-5-9-13-18/h4-15,19H,16H2,1-3H3. The highest BCUT2D eigenvalue weighted by atomic mass is 32.1. The van der Waals surface area contributed by atoms with Gasteiger partial charge in [0.25, 0.3) is 5.91 Å². The molecule has 26 heavy (non-hydrogen) atoms. The third kappa shape index (κ3) is 4.20. The second-order valence-corrected chi connectivity index (χ2v) is 8.35. The largest absolute Gasteiger partial charge is 0.324 e. The molecule has 0 bridgehead atoms. The quantitative estimate of drug-likeness (QED) is 0.593. The summed E-state index contributed by atoms with van der Waals surface area (Å²) < 4.78 is 0. The summed E-state index contributed by atoms with van der Waals surface area (Å²) >= 11 is 1.60. The SMILES string of the molecule is CC(C)(C)C(c1nccs1)N(Cc1ccccc1)C(=O)c1ccccc1. The fourth-order valence-corrected chi connectivity index (χ4v) is 4.14. The topological polar surface area (TPSA) is 33.2 Å². The van der Waals surface area contributed by atoms with E-state index in [1.54, 1.807) is 11.3 Å². The molecule has 0 N–H and O–H groups in total. The minimum absolute atomic E-state index is 0.0320. The van der Waals surface area contributed by atoms with Gasteiger partial charge in [-0.3, -0.25) is 4.79 Å². The Bertz CT molecular complexity index is 824. The molecule has 3 nitrogen and oxygen atoms in total. The number of amides is 1. The van der Waals surface area contributed by atoms with Crippen LogP contribution in [0.5, 0.6) is 0 Å². The normalized spacial score (nSPS) is 12.6. The van der Waals surface area contributed by atoms with Gasteiger partial charge in [0.15, 0.2) is 0 Å². The van der Waals surface area contributed by atoms with E-state index in [-0.39, 0.29) is 17.4 Å². The summed E-state index contributed by atoms with van der Waals surface area (Å²) in [6.07, 6.45) is 1.81. The van der Waals surface area contributed by atoms with Gasteiger partial charge in [-0.2, -0.15) is 0 Å². The van der Waals surface area contributed by atoms with Gasteiger partial charge in [-0.1, -0.05) is 69.3 Å². The van der Waals surface area contributed by atoms with Gasteiger partial charge in [0.1, 0.15) is 5.01 Å². The number of benzene rings is 2. The first-order valence-corrected chi connectivity index (χ1v) is 9.64. The van der Waals surface area contributed by atoms with Gasteiger partial charge in [-0.25, -0.2) is 4.98 Å². The van der Waals surface area contributed by atoms with Gasteiger partial charge >= 0.3 is 0 Å². The maximum absolute atomic E-state index is 13.4. The van der Waals surface area contributed by atoms with E-state index in [0.29, 0.717) is 12.1 Å². The van der Waals surface area contributed by atoms with Crippen LogP contribution in [0.25, 0.3) is 0 Å². The monoisotopic (exact) mass is 364 g/mol. The maximum atomic E-state index is 13.4. The number of hydrogen-bond acceptors (Lipinski definition) is 3. The van der Waals surface area contributed by atoms with E-state index in [9.17, 15) is 4.79 Å². The highest BCUT2D eigenvalue weighted by Gasteiger charge is 2.36. The van der Waals surface area contributed by atoms with Crippen molar-refractivity contribution in [2.24, 2.45) is 5.41 Å². The second-order valence-electron chi connectivity index (χ2n) is 7.42. The number of nitrogens with zero attached hydrogens (tertiary/aromatic N) is 2. The maximum Gasteiger partial charge on any atom is 0.254 e. The summed E-state index contributed by atoms with van der Waals surface area (Å²) in [5.74, 6) is 0.0320. The van der Waals surface area contributed by atoms with Gasteiger partial charge in [0.05, 0.1) is 6.04 Å². The van der Waals surface area contributed by atoms with E-state index in [2.05, 4.69) is 37.9 Å². The smallest absolute Gasteiger partial charge is 0.254 e. The number of aromatic nitrogens is 1. The molecule has 134 valence electrons. The molecule has 1 heterocycles. The molecule has 0 aliphatic carbocycles. The average Bonchev–Trinajstić information content (AvgIpc) is 3.15. The first-order valence-electron chi connectivity index (χ1n) is 8.76. The first kappa shape index (κ1) is 18.3. The van der Waals surface area contributed by atoms with Crippen LogP contribution in [0.3, 0.4) is 0 Å². The van der Waals surface area contributed by atoms with Gasteiger partial charge < -0.3 is 4.90 Å². The summed E-state index contributed by atoms with van der Waals surface area (Å²) in [5.41, 5.74) is 1.67. The number of hydrogen-bond donors (Lipinski definition) is 0. The molecule has 1 amide bonds. The van der Waals surface area contributed by atoms with Crippen molar-refractivity contribution in [3.05, 3.63) is 88.4 Å². The predicted octanol–water partition coefficient (Wildman–Crippen LogP) is 5.57. The zero-order chi connectivity index (χ0) is 18.6. The Morgan fingerprint density at radius 1 is 1.04 bits per heavy atom. The van der Waals surface area contributed by atoms with Crippen molar-refractivity contribution in [3.8, 4) is 0 Å². The third-order valence-electron chi connectivity index (χ3n) is 4.29. The Morgan fingerprint density at radius 2 is 1.65 bits per heavy atom. The van der Waals surface area contributed by atoms with Crippen molar-refractivity contribution in [1.29, 1.82) is 0 Å². The highest BCUT2D eigenvalue weighted by molar-refractivity contribution is 7.09. The molecule has 0 aliphatic rings. The molecular formula is C22H24N2OS. The van der Waals surface area contributed by atoms with E-state index >= 15 is 0 Å².